The first kappa shape index (κ1) is 23.0. The zero-order valence-electron chi connectivity index (χ0n) is 15.3. The fourth-order valence-electron chi connectivity index (χ4n) is 2.87. The number of hydrogen-bond donors (Lipinski definition) is 2. The van der Waals surface area contributed by atoms with Gasteiger partial charge in [-0.1, -0.05) is 12.1 Å². The number of carbonyl (C=O) groups is 1. The molecule has 1 heterocycles. The molecule has 0 spiro atoms. The second kappa shape index (κ2) is 12.4. The van der Waals surface area contributed by atoms with Crippen molar-refractivity contribution >= 4 is 57.5 Å². The molecule has 0 radical (unpaired) electrons. The molecule has 2 N–H and O–H groups in total. The summed E-state index contributed by atoms with van der Waals surface area (Å²) in [5.41, 5.74) is 1.23. The van der Waals surface area contributed by atoms with Gasteiger partial charge in [0.05, 0.1) is 12.3 Å². The summed E-state index contributed by atoms with van der Waals surface area (Å²) in [7, 11) is 1.77. The molecule has 0 amide bonds. The summed E-state index contributed by atoms with van der Waals surface area (Å²) in [6.07, 6.45) is 2.22. The second-order valence-electron chi connectivity index (χ2n) is 5.93. The SMILES string of the molecule is CCOC(=O)CCCNC(=NC)NC1CCN(c2ccccc2Br)C1.I. The highest BCUT2D eigenvalue weighted by atomic mass is 127. The number of benzene rings is 1. The molecule has 1 aliphatic heterocycles. The highest BCUT2D eigenvalue weighted by Crippen LogP contribution is 2.28. The van der Waals surface area contributed by atoms with Gasteiger partial charge in [0.2, 0.25) is 0 Å². The Bertz CT molecular complexity index is 600. The van der Waals surface area contributed by atoms with Gasteiger partial charge in [0.1, 0.15) is 0 Å². The topological polar surface area (TPSA) is 66.0 Å². The second-order valence-corrected chi connectivity index (χ2v) is 6.79. The van der Waals surface area contributed by atoms with Gasteiger partial charge in [-0.25, -0.2) is 0 Å². The quantitative estimate of drug-likeness (QED) is 0.183. The third-order valence-electron chi connectivity index (χ3n) is 4.10. The zero-order valence-corrected chi connectivity index (χ0v) is 19.2. The van der Waals surface area contributed by atoms with Gasteiger partial charge in [0, 0.05) is 43.6 Å². The highest BCUT2D eigenvalue weighted by molar-refractivity contribution is 14.0. The number of guanidine groups is 1. The van der Waals surface area contributed by atoms with Crippen LogP contribution in [-0.2, 0) is 9.53 Å². The van der Waals surface area contributed by atoms with Crippen LogP contribution in [0.25, 0.3) is 0 Å². The monoisotopic (exact) mass is 538 g/mol. The van der Waals surface area contributed by atoms with Crippen molar-refractivity contribution in [2.75, 3.05) is 38.2 Å². The van der Waals surface area contributed by atoms with Crippen molar-refractivity contribution in [1.29, 1.82) is 0 Å². The predicted octanol–water partition coefficient (Wildman–Crippen LogP) is 3.15. The Kier molecular flexibility index (Phi) is 11.0. The molecule has 8 heteroatoms. The van der Waals surface area contributed by atoms with E-state index in [2.05, 4.69) is 54.7 Å². The van der Waals surface area contributed by atoms with Crippen LogP contribution in [-0.4, -0.2) is 51.3 Å². The third-order valence-corrected chi connectivity index (χ3v) is 4.77. The van der Waals surface area contributed by atoms with Crippen LogP contribution in [0.3, 0.4) is 0 Å². The van der Waals surface area contributed by atoms with Gasteiger partial charge in [-0.3, -0.25) is 9.79 Å². The van der Waals surface area contributed by atoms with Crippen LogP contribution in [0.5, 0.6) is 0 Å². The van der Waals surface area contributed by atoms with Gasteiger partial charge in [-0.05, 0) is 47.8 Å². The molecule has 1 aromatic carbocycles. The molecule has 0 aromatic heterocycles. The lowest BCUT2D eigenvalue weighted by atomic mass is 10.2. The van der Waals surface area contributed by atoms with E-state index >= 15 is 0 Å². The lowest BCUT2D eigenvalue weighted by molar-refractivity contribution is -0.143. The van der Waals surface area contributed by atoms with Crippen molar-refractivity contribution in [2.45, 2.75) is 32.2 Å². The van der Waals surface area contributed by atoms with Crippen LogP contribution >= 0.6 is 39.9 Å². The van der Waals surface area contributed by atoms with Crippen molar-refractivity contribution in [2.24, 2.45) is 4.99 Å². The number of nitrogens with zero attached hydrogens (tertiary/aromatic N) is 2. The van der Waals surface area contributed by atoms with Crippen molar-refractivity contribution in [3.05, 3.63) is 28.7 Å². The molecular weight excluding hydrogens is 511 g/mol. The Hall–Kier alpha value is -1.03. The fourth-order valence-corrected chi connectivity index (χ4v) is 3.40. The molecular formula is C18H28BrIN4O2. The van der Waals surface area contributed by atoms with Crippen LogP contribution in [0.15, 0.2) is 33.7 Å². The molecule has 0 saturated carbocycles. The molecule has 6 nitrogen and oxygen atoms in total. The molecule has 0 bridgehead atoms. The van der Waals surface area contributed by atoms with E-state index in [1.54, 1.807) is 7.05 Å². The number of carbonyl (C=O) groups excluding carboxylic acids is 1. The normalized spacial score (nSPS) is 16.8. The van der Waals surface area contributed by atoms with Crippen LogP contribution in [0.4, 0.5) is 5.69 Å². The first-order valence-corrected chi connectivity index (χ1v) is 9.55. The Morgan fingerprint density at radius 3 is 2.88 bits per heavy atom. The summed E-state index contributed by atoms with van der Waals surface area (Å²) in [6.45, 7) is 4.90. The van der Waals surface area contributed by atoms with E-state index in [1.807, 2.05) is 13.0 Å². The van der Waals surface area contributed by atoms with E-state index in [9.17, 15) is 4.79 Å². The number of anilines is 1. The number of nitrogens with one attached hydrogen (secondary N) is 2. The minimum atomic E-state index is -0.146. The van der Waals surface area contributed by atoms with Crippen LogP contribution in [0.2, 0.25) is 0 Å². The zero-order chi connectivity index (χ0) is 18.1. The first-order chi connectivity index (χ1) is 12.1. The Morgan fingerprint density at radius 2 is 2.19 bits per heavy atom. The van der Waals surface area contributed by atoms with E-state index in [-0.39, 0.29) is 29.9 Å². The Morgan fingerprint density at radius 1 is 1.42 bits per heavy atom. The summed E-state index contributed by atoms with van der Waals surface area (Å²) in [6, 6.07) is 8.64. The number of rotatable bonds is 7. The average molecular weight is 539 g/mol. The van der Waals surface area contributed by atoms with E-state index < -0.39 is 0 Å². The summed E-state index contributed by atoms with van der Waals surface area (Å²) >= 11 is 3.62. The molecule has 1 atom stereocenters. The predicted molar refractivity (Wildman–Crippen MR) is 121 cm³/mol. The van der Waals surface area contributed by atoms with E-state index in [4.69, 9.17) is 4.74 Å². The van der Waals surface area contributed by atoms with Crippen LogP contribution < -0.4 is 15.5 Å². The summed E-state index contributed by atoms with van der Waals surface area (Å²) < 4.78 is 6.05. The summed E-state index contributed by atoms with van der Waals surface area (Å²) in [5.74, 6) is 0.634. The van der Waals surface area contributed by atoms with Gasteiger partial charge in [0.25, 0.3) is 0 Å². The molecule has 146 valence electrons. The van der Waals surface area contributed by atoms with Gasteiger partial charge < -0.3 is 20.3 Å². The van der Waals surface area contributed by atoms with E-state index in [0.717, 1.165) is 36.4 Å². The van der Waals surface area contributed by atoms with Gasteiger partial charge >= 0.3 is 5.97 Å². The Balaban J connectivity index is 0.00000338. The summed E-state index contributed by atoms with van der Waals surface area (Å²) in [5, 5.41) is 6.73. The largest absolute Gasteiger partial charge is 0.466 e. The molecule has 2 rings (SSSR count). The Labute approximate surface area is 181 Å². The van der Waals surface area contributed by atoms with Crippen LogP contribution in [0, 0.1) is 0 Å². The smallest absolute Gasteiger partial charge is 0.305 e. The minimum absolute atomic E-state index is 0. The molecule has 1 unspecified atom stereocenters. The standard InChI is InChI=1S/C18H27BrN4O2.HI/c1-3-25-17(24)9-6-11-21-18(20-2)22-14-10-12-23(13-14)16-8-5-4-7-15(16)19;/h4-5,7-8,14H,3,6,9-13H2,1-2H3,(H2,20,21,22);1H. The van der Waals surface area contributed by atoms with E-state index in [0.29, 0.717) is 25.6 Å². The third kappa shape index (κ3) is 7.30. The highest BCUT2D eigenvalue weighted by Gasteiger charge is 2.24. The molecule has 1 aromatic rings. The van der Waals surface area contributed by atoms with Gasteiger partial charge in [-0.2, -0.15) is 0 Å². The van der Waals surface area contributed by atoms with Crippen molar-refractivity contribution in [3.8, 4) is 0 Å². The van der Waals surface area contributed by atoms with Gasteiger partial charge in [0.15, 0.2) is 5.96 Å². The molecule has 1 aliphatic rings. The number of hydrogen-bond acceptors (Lipinski definition) is 4. The summed E-state index contributed by atoms with van der Waals surface area (Å²) in [4.78, 5) is 18.0. The first-order valence-electron chi connectivity index (χ1n) is 8.76. The number of para-hydroxylation sites is 1. The number of esters is 1. The van der Waals surface area contributed by atoms with E-state index in [1.165, 1.54) is 5.69 Å². The lowest BCUT2D eigenvalue weighted by Crippen LogP contribution is -2.44. The molecule has 1 saturated heterocycles. The number of aliphatic imine (C=N–C) groups is 1. The number of halogens is 2. The molecule has 26 heavy (non-hydrogen) atoms. The molecule has 1 fully saturated rings. The fraction of sp³-hybridized carbons (Fsp3) is 0.556. The van der Waals surface area contributed by atoms with Crippen LogP contribution in [0.1, 0.15) is 26.2 Å². The molecule has 0 aliphatic carbocycles. The van der Waals surface area contributed by atoms with Crippen molar-refractivity contribution in [1.82, 2.24) is 10.6 Å². The maximum atomic E-state index is 11.3. The average Bonchev–Trinajstić information content (AvgIpc) is 3.06. The minimum Gasteiger partial charge on any atom is -0.466 e. The lowest BCUT2D eigenvalue weighted by Gasteiger charge is -2.21. The van der Waals surface area contributed by atoms with Crippen molar-refractivity contribution < 1.29 is 9.53 Å². The maximum Gasteiger partial charge on any atom is 0.305 e. The van der Waals surface area contributed by atoms with Crippen molar-refractivity contribution in [3.63, 3.8) is 0 Å². The maximum absolute atomic E-state index is 11.3. The van der Waals surface area contributed by atoms with Gasteiger partial charge in [-0.15, -0.1) is 24.0 Å². The number of ether oxygens (including phenoxy) is 1.